The fraction of sp³-hybridized carbons (Fsp3) is 0.409. The molecule has 0 unspecified atom stereocenters. The number of fused-ring (bicyclic) bond motifs is 1. The molecule has 3 aromatic rings. The first-order chi connectivity index (χ1) is 14.6. The summed E-state index contributed by atoms with van der Waals surface area (Å²) in [4.78, 5) is 18.2. The van der Waals surface area contributed by atoms with E-state index in [2.05, 4.69) is 21.5 Å². The predicted molar refractivity (Wildman–Crippen MR) is 110 cm³/mol. The molecule has 156 valence electrons. The Balaban J connectivity index is 1.41. The van der Waals surface area contributed by atoms with Gasteiger partial charge in [-0.25, -0.2) is 23.2 Å². The number of likely N-dealkylation sites (tertiary alicyclic amines) is 1. The Morgan fingerprint density at radius 2 is 2.00 bits per heavy atom. The smallest absolute Gasteiger partial charge is 0.321 e. The van der Waals surface area contributed by atoms with E-state index in [9.17, 15) is 13.6 Å². The number of pyridine rings is 1. The van der Waals surface area contributed by atoms with Crippen molar-refractivity contribution < 1.29 is 13.6 Å². The van der Waals surface area contributed by atoms with Crippen LogP contribution in [0.1, 0.15) is 43.6 Å². The largest absolute Gasteiger partial charge is 0.322 e. The number of nitrogens with one attached hydrogen (secondary N) is 1. The number of carbonyl (C=O) groups is 1. The van der Waals surface area contributed by atoms with Crippen LogP contribution >= 0.6 is 0 Å². The monoisotopic (exact) mass is 411 g/mol. The van der Waals surface area contributed by atoms with Gasteiger partial charge in [-0.2, -0.15) is 0 Å². The normalized spacial score (nSPS) is 19.7. The van der Waals surface area contributed by atoms with Crippen molar-refractivity contribution in [2.75, 3.05) is 18.4 Å². The van der Waals surface area contributed by atoms with Crippen LogP contribution in [0.4, 0.5) is 19.3 Å². The van der Waals surface area contributed by atoms with Crippen LogP contribution in [0, 0.1) is 5.82 Å². The van der Waals surface area contributed by atoms with Gasteiger partial charge in [0, 0.05) is 30.0 Å². The van der Waals surface area contributed by atoms with Gasteiger partial charge in [0.05, 0.1) is 6.54 Å². The molecule has 2 aromatic heterocycles. The molecule has 1 aliphatic carbocycles. The molecule has 1 saturated carbocycles. The maximum absolute atomic E-state index is 14.5. The number of hydrogen-bond acceptors (Lipinski definition) is 3. The second-order valence-corrected chi connectivity index (χ2v) is 8.16. The van der Waals surface area contributed by atoms with Gasteiger partial charge in [-0.15, -0.1) is 5.10 Å². The number of anilines is 1. The molecule has 8 heteroatoms. The summed E-state index contributed by atoms with van der Waals surface area (Å²) in [6, 6.07) is 6.00. The van der Waals surface area contributed by atoms with Crippen molar-refractivity contribution in [2.45, 2.75) is 44.2 Å². The molecule has 0 radical (unpaired) electrons. The zero-order chi connectivity index (χ0) is 20.7. The molecule has 0 spiro atoms. The van der Waals surface area contributed by atoms with Crippen molar-refractivity contribution in [1.82, 2.24) is 19.7 Å². The molecule has 1 N–H and O–H groups in total. The lowest BCUT2D eigenvalue weighted by Crippen LogP contribution is -2.33. The van der Waals surface area contributed by atoms with Crippen molar-refractivity contribution >= 4 is 22.8 Å². The maximum atomic E-state index is 14.5. The van der Waals surface area contributed by atoms with Crippen molar-refractivity contribution in [2.24, 2.45) is 0 Å². The van der Waals surface area contributed by atoms with E-state index in [4.69, 9.17) is 0 Å². The van der Waals surface area contributed by atoms with Crippen molar-refractivity contribution in [3.05, 3.63) is 48.0 Å². The molecule has 0 bridgehead atoms. The summed E-state index contributed by atoms with van der Waals surface area (Å²) in [5, 5.41) is 7.99. The van der Waals surface area contributed by atoms with Crippen LogP contribution in [0.3, 0.4) is 0 Å². The van der Waals surface area contributed by atoms with E-state index in [1.54, 1.807) is 6.20 Å². The highest BCUT2D eigenvalue weighted by Gasteiger charge is 2.26. The average molecular weight is 411 g/mol. The van der Waals surface area contributed by atoms with Crippen molar-refractivity contribution in [1.29, 1.82) is 0 Å². The number of urea groups is 1. The first kappa shape index (κ1) is 19.0. The number of amides is 2. The van der Waals surface area contributed by atoms with Crippen LogP contribution in [0.25, 0.3) is 16.7 Å². The van der Waals surface area contributed by atoms with Crippen LogP contribution < -0.4 is 5.32 Å². The molecular formula is C22H23F2N5O. The highest BCUT2D eigenvalue weighted by molar-refractivity contribution is 5.90. The third-order valence-electron chi connectivity index (χ3n) is 6.07. The van der Waals surface area contributed by atoms with E-state index < -0.39 is 12.0 Å². The Labute approximate surface area is 172 Å². The number of aromatic nitrogens is 3. The van der Waals surface area contributed by atoms with Crippen molar-refractivity contribution in [3.8, 4) is 5.69 Å². The summed E-state index contributed by atoms with van der Waals surface area (Å²) in [6.07, 6.45) is 7.84. The molecule has 2 amide bonds. The fourth-order valence-electron chi connectivity index (χ4n) is 4.41. The SMILES string of the molecule is O=C(Nc1ccc(F)c(-n2cc3cc(C4CCCC4)cnc3n2)c1)N1CC[C@@H](F)C1. The number of benzene rings is 1. The van der Waals surface area contributed by atoms with Gasteiger partial charge < -0.3 is 10.2 Å². The van der Waals surface area contributed by atoms with Crippen LogP contribution in [0.5, 0.6) is 0 Å². The van der Waals surface area contributed by atoms with Gasteiger partial charge in [0.15, 0.2) is 5.65 Å². The van der Waals surface area contributed by atoms with E-state index in [-0.39, 0.29) is 18.3 Å². The summed E-state index contributed by atoms with van der Waals surface area (Å²) in [5.41, 5.74) is 2.41. The number of carbonyl (C=O) groups excluding carboxylic acids is 1. The highest BCUT2D eigenvalue weighted by Crippen LogP contribution is 2.34. The summed E-state index contributed by atoms with van der Waals surface area (Å²) in [6.45, 7) is 0.458. The second kappa shape index (κ2) is 7.66. The maximum Gasteiger partial charge on any atom is 0.321 e. The fourth-order valence-corrected chi connectivity index (χ4v) is 4.41. The molecule has 1 atom stereocenters. The zero-order valence-electron chi connectivity index (χ0n) is 16.5. The van der Waals surface area contributed by atoms with Gasteiger partial charge in [0.25, 0.3) is 0 Å². The number of alkyl halides is 1. The molecule has 30 heavy (non-hydrogen) atoms. The molecule has 3 heterocycles. The minimum absolute atomic E-state index is 0.0828. The number of nitrogens with zero attached hydrogens (tertiary/aromatic N) is 4. The first-order valence-corrected chi connectivity index (χ1v) is 10.4. The molecule has 1 saturated heterocycles. The average Bonchev–Trinajstić information content (AvgIpc) is 3.49. The second-order valence-electron chi connectivity index (χ2n) is 8.16. The lowest BCUT2D eigenvalue weighted by Gasteiger charge is -2.16. The Bertz CT molecular complexity index is 1090. The minimum atomic E-state index is -0.988. The molecule has 5 rings (SSSR count). The van der Waals surface area contributed by atoms with E-state index in [0.717, 1.165) is 5.39 Å². The summed E-state index contributed by atoms with van der Waals surface area (Å²) >= 11 is 0. The first-order valence-electron chi connectivity index (χ1n) is 10.4. The van der Waals surface area contributed by atoms with E-state index >= 15 is 0 Å². The van der Waals surface area contributed by atoms with E-state index in [1.165, 1.54) is 59.0 Å². The Kier molecular flexibility index (Phi) is 4.84. The third-order valence-corrected chi connectivity index (χ3v) is 6.07. The van der Waals surface area contributed by atoms with Crippen molar-refractivity contribution in [3.63, 3.8) is 0 Å². The zero-order valence-corrected chi connectivity index (χ0v) is 16.5. The van der Waals surface area contributed by atoms with Gasteiger partial charge in [-0.05, 0) is 55.0 Å². The predicted octanol–water partition coefficient (Wildman–Crippen LogP) is 4.79. The third kappa shape index (κ3) is 3.62. The van der Waals surface area contributed by atoms with Gasteiger partial charge >= 0.3 is 6.03 Å². The Morgan fingerprint density at radius 1 is 1.17 bits per heavy atom. The Morgan fingerprint density at radius 3 is 2.77 bits per heavy atom. The van der Waals surface area contributed by atoms with Crippen LogP contribution in [-0.4, -0.2) is 45.0 Å². The van der Waals surface area contributed by atoms with Gasteiger partial charge in [0.1, 0.15) is 17.7 Å². The molecular weight excluding hydrogens is 388 g/mol. The van der Waals surface area contributed by atoms with Gasteiger partial charge in [-0.1, -0.05) is 12.8 Å². The molecule has 1 aromatic carbocycles. The minimum Gasteiger partial charge on any atom is -0.322 e. The van der Waals surface area contributed by atoms with Crippen LogP contribution in [-0.2, 0) is 0 Å². The van der Waals surface area contributed by atoms with Gasteiger partial charge in [0.2, 0.25) is 0 Å². The van der Waals surface area contributed by atoms with Gasteiger partial charge in [-0.3, -0.25) is 0 Å². The summed E-state index contributed by atoms with van der Waals surface area (Å²) in [7, 11) is 0. The van der Waals surface area contributed by atoms with Crippen LogP contribution in [0.2, 0.25) is 0 Å². The lowest BCUT2D eigenvalue weighted by molar-refractivity contribution is 0.218. The highest BCUT2D eigenvalue weighted by atomic mass is 19.1. The standard InChI is InChI=1S/C22H23F2N5O/c23-17-7-8-28(13-17)22(30)26-18-5-6-19(24)20(10-18)29-12-16-9-15(11-25-21(16)27-29)14-3-1-2-4-14/h5-6,9-12,14,17H,1-4,7-8,13H2,(H,26,30)/t17-/m1/s1. The molecule has 6 nitrogen and oxygen atoms in total. The lowest BCUT2D eigenvalue weighted by atomic mass is 9.99. The number of rotatable bonds is 3. The topological polar surface area (TPSA) is 63.1 Å². The molecule has 1 aliphatic heterocycles. The van der Waals surface area contributed by atoms with E-state index in [0.29, 0.717) is 30.2 Å². The molecule has 2 aliphatic rings. The number of hydrogen-bond donors (Lipinski definition) is 1. The quantitative estimate of drug-likeness (QED) is 0.674. The summed E-state index contributed by atoms with van der Waals surface area (Å²) < 4.78 is 29.3. The summed E-state index contributed by atoms with van der Waals surface area (Å²) in [5.74, 6) is 0.0804. The Hall–Kier alpha value is -3.03. The van der Waals surface area contributed by atoms with Crippen LogP contribution in [0.15, 0.2) is 36.7 Å². The van der Waals surface area contributed by atoms with E-state index in [1.807, 2.05) is 6.20 Å². The number of halogens is 2. The molecule has 2 fully saturated rings.